The highest BCUT2D eigenvalue weighted by Gasteiger charge is 2.24. The summed E-state index contributed by atoms with van der Waals surface area (Å²) in [5.74, 6) is -9.21. The second-order valence-electron chi connectivity index (χ2n) is 5.23. The zero-order chi connectivity index (χ0) is 19.8. The third kappa shape index (κ3) is 3.67. The quantitative estimate of drug-likeness (QED) is 0.477. The molecule has 0 aliphatic carbocycles. The number of benzene rings is 2. The van der Waals surface area contributed by atoms with Gasteiger partial charge < -0.3 is 5.32 Å². The molecule has 1 N–H and O–H groups in total. The molecule has 0 unspecified atom stereocenters. The highest BCUT2D eigenvalue weighted by molar-refractivity contribution is 7.89. The van der Waals surface area contributed by atoms with Gasteiger partial charge in [0.2, 0.25) is 10.0 Å². The Morgan fingerprint density at radius 3 is 2.23 bits per heavy atom. The molecule has 0 fully saturated rings. The summed E-state index contributed by atoms with van der Waals surface area (Å²) >= 11 is 5.86. The van der Waals surface area contributed by atoms with Crippen molar-refractivity contribution in [3.63, 3.8) is 0 Å². The van der Waals surface area contributed by atoms with E-state index in [1.54, 1.807) is 0 Å². The Kier molecular flexibility index (Phi) is 5.59. The van der Waals surface area contributed by atoms with Gasteiger partial charge in [0.05, 0.1) is 21.2 Å². The second kappa shape index (κ2) is 7.22. The molecule has 0 aromatic heterocycles. The minimum Gasteiger partial charge on any atom is -0.320 e. The van der Waals surface area contributed by atoms with Crippen LogP contribution in [0.1, 0.15) is 10.4 Å². The van der Waals surface area contributed by atoms with Crippen LogP contribution in [0.4, 0.5) is 23.2 Å². The number of sulfonamides is 1. The van der Waals surface area contributed by atoms with Crippen molar-refractivity contribution >= 4 is 33.2 Å². The third-order valence-electron chi connectivity index (χ3n) is 3.31. The molecule has 2 aromatic carbocycles. The number of nitrogens with zero attached hydrogens (tertiary/aromatic N) is 1. The molecule has 0 aliphatic rings. The number of amides is 1. The Morgan fingerprint density at radius 1 is 1.04 bits per heavy atom. The van der Waals surface area contributed by atoms with Crippen LogP contribution >= 0.6 is 11.6 Å². The van der Waals surface area contributed by atoms with E-state index in [1.807, 2.05) is 5.32 Å². The minimum absolute atomic E-state index is 0.112. The second-order valence-corrected chi connectivity index (χ2v) is 7.79. The molecule has 140 valence electrons. The topological polar surface area (TPSA) is 66.5 Å². The Hall–Kier alpha value is -2.17. The van der Waals surface area contributed by atoms with E-state index in [0.717, 1.165) is 16.4 Å². The molecular weight excluding hydrogens is 400 g/mol. The fourth-order valence-corrected chi connectivity index (χ4v) is 2.99. The minimum atomic E-state index is -3.86. The number of hydrogen-bond acceptors (Lipinski definition) is 3. The molecule has 0 atom stereocenters. The highest BCUT2D eigenvalue weighted by atomic mass is 35.5. The summed E-state index contributed by atoms with van der Waals surface area (Å²) in [4.78, 5) is 11.8. The first kappa shape index (κ1) is 20.1. The first-order valence-corrected chi connectivity index (χ1v) is 8.65. The van der Waals surface area contributed by atoms with E-state index in [9.17, 15) is 30.8 Å². The molecule has 0 bridgehead atoms. The van der Waals surface area contributed by atoms with E-state index in [2.05, 4.69) is 0 Å². The van der Waals surface area contributed by atoms with Crippen LogP contribution in [-0.4, -0.2) is 32.7 Å². The smallest absolute Gasteiger partial charge is 0.258 e. The van der Waals surface area contributed by atoms with Crippen molar-refractivity contribution in [2.75, 3.05) is 19.4 Å². The first-order chi connectivity index (χ1) is 12.0. The molecule has 11 heteroatoms. The van der Waals surface area contributed by atoms with Crippen molar-refractivity contribution in [2.45, 2.75) is 4.90 Å². The Morgan fingerprint density at radius 2 is 1.65 bits per heavy atom. The summed E-state index contributed by atoms with van der Waals surface area (Å²) in [5.41, 5.74) is -1.36. The van der Waals surface area contributed by atoms with Crippen LogP contribution in [0.25, 0.3) is 0 Å². The van der Waals surface area contributed by atoms with Gasteiger partial charge in [-0.25, -0.2) is 30.3 Å². The van der Waals surface area contributed by atoms with Gasteiger partial charge in [-0.2, -0.15) is 0 Å². The van der Waals surface area contributed by atoms with E-state index >= 15 is 0 Å². The van der Waals surface area contributed by atoms with Gasteiger partial charge in [-0.1, -0.05) is 11.6 Å². The Labute approximate surface area is 151 Å². The van der Waals surface area contributed by atoms with Gasteiger partial charge >= 0.3 is 0 Å². The predicted octanol–water partition coefficient (Wildman–Crippen LogP) is 3.40. The van der Waals surface area contributed by atoms with Crippen molar-refractivity contribution in [1.82, 2.24) is 4.31 Å². The zero-order valence-electron chi connectivity index (χ0n) is 13.3. The van der Waals surface area contributed by atoms with Crippen molar-refractivity contribution in [3.8, 4) is 0 Å². The molecule has 0 aliphatic heterocycles. The van der Waals surface area contributed by atoms with Crippen molar-refractivity contribution < 1.29 is 30.8 Å². The Balaban J connectivity index is 2.45. The molecule has 0 radical (unpaired) electrons. The van der Waals surface area contributed by atoms with E-state index in [0.29, 0.717) is 0 Å². The van der Waals surface area contributed by atoms with Crippen LogP contribution in [0.3, 0.4) is 0 Å². The normalized spacial score (nSPS) is 11.7. The van der Waals surface area contributed by atoms with Crippen LogP contribution in [0.5, 0.6) is 0 Å². The number of rotatable bonds is 4. The van der Waals surface area contributed by atoms with Gasteiger partial charge in [0.25, 0.3) is 5.91 Å². The fraction of sp³-hybridized carbons (Fsp3) is 0.133. The highest BCUT2D eigenvalue weighted by Crippen LogP contribution is 2.27. The van der Waals surface area contributed by atoms with Crippen LogP contribution in [0.2, 0.25) is 5.02 Å². The molecule has 1 amide bonds. The summed E-state index contributed by atoms with van der Waals surface area (Å²) in [5, 5.41) is 1.93. The van der Waals surface area contributed by atoms with Crippen LogP contribution in [0.15, 0.2) is 29.2 Å². The number of carbonyl (C=O) groups excluding carboxylic acids is 1. The molecular formula is C15H11ClF4N2O3S. The SMILES string of the molecule is CN(C)S(=O)(=O)c1ccc(Cl)c(NC(=O)c2cc(F)c(F)c(F)c2F)c1. The summed E-state index contributed by atoms with van der Waals surface area (Å²) in [6.07, 6.45) is 0. The lowest BCUT2D eigenvalue weighted by atomic mass is 10.1. The summed E-state index contributed by atoms with van der Waals surface area (Å²) < 4.78 is 78.3. The maximum Gasteiger partial charge on any atom is 0.258 e. The number of anilines is 1. The number of halogens is 5. The van der Waals surface area contributed by atoms with Gasteiger partial charge in [0.15, 0.2) is 23.3 Å². The summed E-state index contributed by atoms with van der Waals surface area (Å²) in [6, 6.07) is 3.50. The van der Waals surface area contributed by atoms with Gasteiger partial charge in [-0.05, 0) is 24.3 Å². The Bertz CT molecular complexity index is 997. The average Bonchev–Trinajstić information content (AvgIpc) is 2.57. The van der Waals surface area contributed by atoms with Crippen molar-refractivity contribution in [3.05, 3.63) is 58.1 Å². The molecule has 0 saturated carbocycles. The van der Waals surface area contributed by atoms with Crippen LogP contribution in [0, 0.1) is 23.3 Å². The number of carbonyl (C=O) groups is 1. The average molecular weight is 411 g/mol. The van der Waals surface area contributed by atoms with E-state index in [-0.39, 0.29) is 21.7 Å². The van der Waals surface area contributed by atoms with Gasteiger partial charge in [0, 0.05) is 14.1 Å². The fourth-order valence-electron chi connectivity index (χ4n) is 1.90. The van der Waals surface area contributed by atoms with Gasteiger partial charge in [-0.3, -0.25) is 4.79 Å². The van der Waals surface area contributed by atoms with Crippen LogP contribution in [-0.2, 0) is 10.0 Å². The number of hydrogen-bond donors (Lipinski definition) is 1. The maximum atomic E-state index is 13.7. The lowest BCUT2D eigenvalue weighted by Gasteiger charge is -2.14. The molecule has 2 aromatic rings. The van der Waals surface area contributed by atoms with E-state index in [4.69, 9.17) is 11.6 Å². The third-order valence-corrected chi connectivity index (χ3v) is 5.45. The lowest BCUT2D eigenvalue weighted by Crippen LogP contribution is -2.22. The molecule has 2 rings (SSSR count). The van der Waals surface area contributed by atoms with Crippen molar-refractivity contribution in [1.29, 1.82) is 0 Å². The maximum absolute atomic E-state index is 13.7. The monoisotopic (exact) mass is 410 g/mol. The summed E-state index contributed by atoms with van der Waals surface area (Å²) in [7, 11) is -1.31. The van der Waals surface area contributed by atoms with Gasteiger partial charge in [0.1, 0.15) is 0 Å². The standard InChI is InChI=1S/C15H11ClF4N2O3S/c1-22(2)26(24,25)7-3-4-9(16)11(5-7)21-15(23)8-6-10(17)13(19)14(20)12(8)18/h3-6H,1-2H3,(H,21,23). The summed E-state index contributed by atoms with van der Waals surface area (Å²) in [6.45, 7) is 0. The molecule has 26 heavy (non-hydrogen) atoms. The van der Waals surface area contributed by atoms with E-state index < -0.39 is 44.8 Å². The van der Waals surface area contributed by atoms with E-state index in [1.165, 1.54) is 20.2 Å². The molecule has 0 spiro atoms. The van der Waals surface area contributed by atoms with Gasteiger partial charge in [-0.15, -0.1) is 0 Å². The molecule has 0 heterocycles. The number of nitrogens with one attached hydrogen (secondary N) is 1. The zero-order valence-corrected chi connectivity index (χ0v) is 14.9. The predicted molar refractivity (Wildman–Crippen MR) is 86.6 cm³/mol. The lowest BCUT2D eigenvalue weighted by molar-refractivity contribution is 0.102. The van der Waals surface area contributed by atoms with Crippen LogP contribution < -0.4 is 5.32 Å². The molecule has 5 nitrogen and oxygen atoms in total. The largest absolute Gasteiger partial charge is 0.320 e. The molecule has 0 saturated heterocycles. The first-order valence-electron chi connectivity index (χ1n) is 6.83. The van der Waals surface area contributed by atoms with Crippen molar-refractivity contribution in [2.24, 2.45) is 0 Å².